The highest BCUT2D eigenvalue weighted by Gasteiger charge is 2.20. The van der Waals surface area contributed by atoms with Gasteiger partial charge in [0.1, 0.15) is 5.82 Å². The molecule has 1 N–H and O–H groups in total. The highest BCUT2D eigenvalue weighted by molar-refractivity contribution is 5.35. The first-order valence-corrected chi connectivity index (χ1v) is 7.64. The molecule has 2 fully saturated rings. The molecule has 2 aliphatic rings. The SMILES string of the molecule is CN(CC1CCOCC1)c1cncc(CNC2CC2)n1. The van der Waals surface area contributed by atoms with Gasteiger partial charge in [-0.25, -0.2) is 4.98 Å². The molecule has 5 heteroatoms. The van der Waals surface area contributed by atoms with Gasteiger partial charge in [0.2, 0.25) is 0 Å². The van der Waals surface area contributed by atoms with Crippen molar-refractivity contribution in [3.05, 3.63) is 18.1 Å². The summed E-state index contributed by atoms with van der Waals surface area (Å²) in [5.74, 6) is 1.69. The fourth-order valence-corrected chi connectivity index (χ4v) is 2.61. The van der Waals surface area contributed by atoms with Crippen molar-refractivity contribution in [2.75, 3.05) is 31.7 Å². The van der Waals surface area contributed by atoms with E-state index in [2.05, 4.69) is 22.2 Å². The molecule has 2 heterocycles. The zero-order chi connectivity index (χ0) is 13.8. The van der Waals surface area contributed by atoms with Crippen LogP contribution in [0.1, 0.15) is 31.4 Å². The third kappa shape index (κ3) is 3.90. The molecule has 110 valence electrons. The molecule has 5 nitrogen and oxygen atoms in total. The fraction of sp³-hybridized carbons (Fsp3) is 0.733. The maximum atomic E-state index is 5.41. The Labute approximate surface area is 120 Å². The second-order valence-electron chi connectivity index (χ2n) is 5.96. The summed E-state index contributed by atoms with van der Waals surface area (Å²) in [6, 6.07) is 0.709. The third-order valence-electron chi connectivity index (χ3n) is 4.08. The van der Waals surface area contributed by atoms with E-state index in [1.807, 2.05) is 12.4 Å². The van der Waals surface area contributed by atoms with Crippen molar-refractivity contribution in [2.24, 2.45) is 5.92 Å². The minimum absolute atomic E-state index is 0.709. The highest BCUT2D eigenvalue weighted by Crippen LogP contribution is 2.20. The second kappa shape index (κ2) is 6.50. The number of anilines is 1. The molecule has 0 spiro atoms. The fourth-order valence-electron chi connectivity index (χ4n) is 2.61. The maximum Gasteiger partial charge on any atom is 0.147 e. The normalized spacial score (nSPS) is 20.1. The Morgan fingerprint density at radius 3 is 2.80 bits per heavy atom. The number of nitrogens with zero attached hydrogens (tertiary/aromatic N) is 3. The third-order valence-corrected chi connectivity index (χ3v) is 4.08. The van der Waals surface area contributed by atoms with Gasteiger partial charge in [-0.15, -0.1) is 0 Å². The van der Waals surface area contributed by atoms with E-state index in [-0.39, 0.29) is 0 Å². The Hall–Kier alpha value is -1.20. The van der Waals surface area contributed by atoms with Crippen LogP contribution in [0.4, 0.5) is 5.82 Å². The standard InChI is InChI=1S/C15H24N4O/c1-19(11-12-4-6-20-7-5-12)15-10-16-8-14(18-15)9-17-13-2-3-13/h8,10,12-13,17H,2-7,9,11H2,1H3. The van der Waals surface area contributed by atoms with Crippen LogP contribution in [0, 0.1) is 5.92 Å². The molecule has 0 bridgehead atoms. The van der Waals surface area contributed by atoms with Gasteiger partial charge < -0.3 is 15.0 Å². The van der Waals surface area contributed by atoms with E-state index in [0.29, 0.717) is 12.0 Å². The van der Waals surface area contributed by atoms with Crippen molar-refractivity contribution in [3.63, 3.8) is 0 Å². The Kier molecular flexibility index (Phi) is 4.47. The van der Waals surface area contributed by atoms with E-state index in [9.17, 15) is 0 Å². The van der Waals surface area contributed by atoms with Gasteiger partial charge in [0.05, 0.1) is 11.9 Å². The van der Waals surface area contributed by atoms with Crippen LogP contribution in [0.3, 0.4) is 0 Å². The monoisotopic (exact) mass is 276 g/mol. The van der Waals surface area contributed by atoms with Crippen LogP contribution in [0.2, 0.25) is 0 Å². The van der Waals surface area contributed by atoms with Gasteiger partial charge in [-0.3, -0.25) is 4.98 Å². The van der Waals surface area contributed by atoms with Crippen LogP contribution in [0.25, 0.3) is 0 Å². The van der Waals surface area contributed by atoms with Gasteiger partial charge in [-0.2, -0.15) is 0 Å². The quantitative estimate of drug-likeness (QED) is 0.855. The van der Waals surface area contributed by atoms with Gasteiger partial charge in [-0.05, 0) is 31.6 Å². The van der Waals surface area contributed by atoms with Crippen LogP contribution in [0.5, 0.6) is 0 Å². The van der Waals surface area contributed by atoms with Gasteiger partial charge in [0.15, 0.2) is 0 Å². The van der Waals surface area contributed by atoms with E-state index >= 15 is 0 Å². The summed E-state index contributed by atoms with van der Waals surface area (Å²) in [6.45, 7) is 3.67. The lowest BCUT2D eigenvalue weighted by Crippen LogP contribution is -2.30. The molecule has 1 aromatic rings. The predicted octanol–water partition coefficient (Wildman–Crippen LogP) is 1.59. The second-order valence-corrected chi connectivity index (χ2v) is 5.96. The van der Waals surface area contributed by atoms with Crippen LogP contribution in [0.15, 0.2) is 12.4 Å². The number of rotatable bonds is 6. The van der Waals surface area contributed by atoms with E-state index < -0.39 is 0 Å². The predicted molar refractivity (Wildman–Crippen MR) is 78.7 cm³/mol. The van der Waals surface area contributed by atoms with Crippen LogP contribution >= 0.6 is 0 Å². The topological polar surface area (TPSA) is 50.3 Å². The lowest BCUT2D eigenvalue weighted by Gasteiger charge is -2.27. The molecule has 3 rings (SSSR count). The van der Waals surface area contributed by atoms with Gasteiger partial charge in [-0.1, -0.05) is 0 Å². The molecule has 0 aromatic carbocycles. The average Bonchev–Trinajstić information content (AvgIpc) is 3.31. The van der Waals surface area contributed by atoms with Crippen molar-refractivity contribution >= 4 is 5.82 Å². The molecule has 0 radical (unpaired) electrons. The number of nitrogens with one attached hydrogen (secondary N) is 1. The molecule has 0 unspecified atom stereocenters. The summed E-state index contributed by atoms with van der Waals surface area (Å²) < 4.78 is 5.41. The average molecular weight is 276 g/mol. The Morgan fingerprint density at radius 1 is 1.25 bits per heavy atom. The minimum Gasteiger partial charge on any atom is -0.381 e. The molecular weight excluding hydrogens is 252 g/mol. The number of hydrogen-bond donors (Lipinski definition) is 1. The first-order valence-electron chi connectivity index (χ1n) is 7.64. The van der Waals surface area contributed by atoms with Gasteiger partial charge in [0.25, 0.3) is 0 Å². The van der Waals surface area contributed by atoms with Crippen LogP contribution in [-0.2, 0) is 11.3 Å². The highest BCUT2D eigenvalue weighted by atomic mass is 16.5. The molecule has 1 saturated carbocycles. The van der Waals surface area contributed by atoms with E-state index in [1.165, 1.54) is 12.8 Å². The van der Waals surface area contributed by atoms with Gasteiger partial charge in [0, 0.05) is 45.6 Å². The first kappa shape index (κ1) is 13.8. The van der Waals surface area contributed by atoms with Crippen molar-refractivity contribution in [3.8, 4) is 0 Å². The van der Waals surface area contributed by atoms with Crippen molar-refractivity contribution in [1.29, 1.82) is 0 Å². The molecule has 0 atom stereocenters. The first-order chi connectivity index (χ1) is 9.81. The zero-order valence-corrected chi connectivity index (χ0v) is 12.2. The minimum atomic E-state index is 0.709. The van der Waals surface area contributed by atoms with E-state index in [1.54, 1.807) is 0 Å². The zero-order valence-electron chi connectivity index (χ0n) is 12.2. The molecule has 1 saturated heterocycles. The largest absolute Gasteiger partial charge is 0.381 e. The molecule has 1 aromatic heterocycles. The maximum absolute atomic E-state index is 5.41. The van der Waals surface area contributed by atoms with E-state index in [0.717, 1.165) is 50.7 Å². The summed E-state index contributed by atoms with van der Waals surface area (Å²) in [5.41, 5.74) is 1.04. The molecule has 1 aliphatic carbocycles. The van der Waals surface area contributed by atoms with Crippen molar-refractivity contribution in [1.82, 2.24) is 15.3 Å². The summed E-state index contributed by atoms with van der Waals surface area (Å²) in [5, 5.41) is 3.48. The summed E-state index contributed by atoms with van der Waals surface area (Å²) in [4.78, 5) is 11.3. The summed E-state index contributed by atoms with van der Waals surface area (Å²) in [7, 11) is 2.11. The van der Waals surface area contributed by atoms with Crippen LogP contribution < -0.4 is 10.2 Å². The molecule has 20 heavy (non-hydrogen) atoms. The molecular formula is C15H24N4O. The van der Waals surface area contributed by atoms with Gasteiger partial charge >= 0.3 is 0 Å². The lowest BCUT2D eigenvalue weighted by molar-refractivity contribution is 0.0685. The smallest absolute Gasteiger partial charge is 0.147 e. The van der Waals surface area contributed by atoms with Crippen molar-refractivity contribution < 1.29 is 4.74 Å². The van der Waals surface area contributed by atoms with E-state index in [4.69, 9.17) is 9.72 Å². The Morgan fingerprint density at radius 2 is 2.05 bits per heavy atom. The number of aromatic nitrogens is 2. The Balaban J connectivity index is 1.55. The summed E-state index contributed by atoms with van der Waals surface area (Å²) in [6.07, 6.45) is 8.63. The number of hydrogen-bond acceptors (Lipinski definition) is 5. The molecule has 1 aliphatic heterocycles. The van der Waals surface area contributed by atoms with Crippen LogP contribution in [-0.4, -0.2) is 42.8 Å². The summed E-state index contributed by atoms with van der Waals surface area (Å²) >= 11 is 0. The number of ether oxygens (including phenoxy) is 1. The lowest BCUT2D eigenvalue weighted by atomic mass is 10.00. The molecule has 0 amide bonds. The Bertz CT molecular complexity index is 430. The van der Waals surface area contributed by atoms with Crippen molar-refractivity contribution in [2.45, 2.75) is 38.3 Å².